The summed E-state index contributed by atoms with van der Waals surface area (Å²) >= 11 is 1.46. The lowest BCUT2D eigenvalue weighted by Crippen LogP contribution is -2.15. The predicted octanol–water partition coefficient (Wildman–Crippen LogP) is 2.86. The number of aryl methyl sites for hydroxylation is 2. The minimum absolute atomic E-state index is 0.157. The molecule has 1 atom stereocenters. The summed E-state index contributed by atoms with van der Waals surface area (Å²) in [6.45, 7) is 1.94. The van der Waals surface area contributed by atoms with Crippen LogP contribution in [0.25, 0.3) is 0 Å². The summed E-state index contributed by atoms with van der Waals surface area (Å²) in [6, 6.07) is 6.58. The number of tetrazole rings is 1. The van der Waals surface area contributed by atoms with Crippen molar-refractivity contribution in [2.24, 2.45) is 0 Å². The lowest BCUT2D eigenvalue weighted by Gasteiger charge is -2.11. The molecule has 0 aliphatic heterocycles. The number of fused-ring (bicyclic) bond motifs is 1. The monoisotopic (exact) mass is 314 g/mol. The van der Waals surface area contributed by atoms with Crippen LogP contribution in [0.4, 0.5) is 0 Å². The van der Waals surface area contributed by atoms with Crippen LogP contribution in [0.2, 0.25) is 0 Å². The number of carbonyl (C=O) groups excluding carboxylic acids is 1. The van der Waals surface area contributed by atoms with E-state index < -0.39 is 0 Å². The van der Waals surface area contributed by atoms with Gasteiger partial charge in [-0.1, -0.05) is 23.9 Å². The number of benzene rings is 1. The van der Waals surface area contributed by atoms with Crippen LogP contribution in [0, 0.1) is 0 Å². The van der Waals surface area contributed by atoms with E-state index in [1.165, 1.54) is 29.3 Å². The third-order valence-electron chi connectivity index (χ3n) is 4.39. The van der Waals surface area contributed by atoms with Gasteiger partial charge in [-0.05, 0) is 66.6 Å². The Bertz CT molecular complexity index is 723. The first-order valence-corrected chi connectivity index (χ1v) is 8.71. The normalized spacial score (nSPS) is 18.2. The van der Waals surface area contributed by atoms with Crippen LogP contribution in [0.3, 0.4) is 0 Å². The molecule has 2 aliphatic carbocycles. The Balaban J connectivity index is 1.51. The zero-order valence-corrected chi connectivity index (χ0v) is 13.3. The highest BCUT2D eigenvalue weighted by atomic mass is 32.2. The number of hydrogen-bond acceptors (Lipinski definition) is 5. The second-order valence-corrected chi connectivity index (χ2v) is 7.41. The van der Waals surface area contributed by atoms with Crippen LogP contribution in [0.15, 0.2) is 23.4 Å². The predicted molar refractivity (Wildman–Crippen MR) is 84.2 cm³/mol. The number of thioether (sulfide) groups is 1. The molecular formula is C16H18N4OS. The lowest BCUT2D eigenvalue weighted by atomic mass is 10.0. The molecule has 1 aromatic carbocycles. The van der Waals surface area contributed by atoms with E-state index in [0.717, 1.165) is 36.4 Å². The van der Waals surface area contributed by atoms with Crippen LogP contribution in [-0.4, -0.2) is 31.2 Å². The molecule has 114 valence electrons. The van der Waals surface area contributed by atoms with Crippen molar-refractivity contribution in [2.75, 3.05) is 0 Å². The van der Waals surface area contributed by atoms with Crippen molar-refractivity contribution in [3.05, 3.63) is 34.9 Å². The fraction of sp³-hybridized carbons (Fsp3) is 0.500. The minimum Gasteiger partial charge on any atom is -0.293 e. The van der Waals surface area contributed by atoms with Gasteiger partial charge in [0.1, 0.15) is 0 Å². The first-order valence-electron chi connectivity index (χ1n) is 7.83. The summed E-state index contributed by atoms with van der Waals surface area (Å²) in [4.78, 5) is 12.7. The van der Waals surface area contributed by atoms with E-state index in [0.29, 0.717) is 6.04 Å². The molecule has 2 aliphatic rings. The molecule has 22 heavy (non-hydrogen) atoms. The number of carbonyl (C=O) groups is 1. The van der Waals surface area contributed by atoms with Gasteiger partial charge in [0, 0.05) is 5.56 Å². The Labute approximate surface area is 133 Å². The standard InChI is InChI=1S/C16H18N4OS/c1-10(22-16-17-18-19-20(16)14-7-8-14)15(21)13-6-5-11-3-2-4-12(11)9-13/h5-6,9-10,14H,2-4,7-8H2,1H3/t10-/m1/s1. The van der Waals surface area contributed by atoms with E-state index >= 15 is 0 Å². The fourth-order valence-corrected chi connectivity index (χ4v) is 3.92. The van der Waals surface area contributed by atoms with E-state index in [2.05, 4.69) is 27.7 Å². The van der Waals surface area contributed by atoms with Crippen molar-refractivity contribution < 1.29 is 4.79 Å². The average Bonchev–Trinajstić information content (AvgIpc) is 3.09. The summed E-state index contributed by atoms with van der Waals surface area (Å²) in [5.41, 5.74) is 3.55. The first-order chi connectivity index (χ1) is 10.7. The van der Waals surface area contributed by atoms with E-state index in [-0.39, 0.29) is 11.0 Å². The van der Waals surface area contributed by atoms with Gasteiger partial charge in [-0.25, -0.2) is 4.68 Å². The van der Waals surface area contributed by atoms with Crippen LogP contribution in [-0.2, 0) is 12.8 Å². The van der Waals surface area contributed by atoms with Gasteiger partial charge in [0.2, 0.25) is 5.16 Å². The number of aromatic nitrogens is 4. The smallest absolute Gasteiger partial charge is 0.210 e. The Morgan fingerprint density at radius 1 is 1.32 bits per heavy atom. The molecule has 5 nitrogen and oxygen atoms in total. The molecule has 4 rings (SSSR count). The average molecular weight is 314 g/mol. The second-order valence-electron chi connectivity index (χ2n) is 6.10. The minimum atomic E-state index is -0.178. The molecule has 0 N–H and O–H groups in total. The highest BCUT2D eigenvalue weighted by Crippen LogP contribution is 2.37. The zero-order chi connectivity index (χ0) is 15.1. The molecule has 0 amide bonds. The Kier molecular flexibility index (Phi) is 3.48. The molecule has 0 radical (unpaired) electrons. The highest BCUT2D eigenvalue weighted by molar-refractivity contribution is 8.00. The van der Waals surface area contributed by atoms with Gasteiger partial charge in [0.05, 0.1) is 11.3 Å². The summed E-state index contributed by atoms with van der Waals surface area (Å²) in [6.07, 6.45) is 5.70. The number of Topliss-reactive ketones (excluding diaryl/α,β-unsaturated/α-hetero) is 1. The van der Waals surface area contributed by atoms with Gasteiger partial charge < -0.3 is 0 Å². The largest absolute Gasteiger partial charge is 0.293 e. The number of nitrogens with zero attached hydrogens (tertiary/aromatic N) is 4. The molecule has 2 aromatic rings. The summed E-state index contributed by atoms with van der Waals surface area (Å²) in [5.74, 6) is 0.157. The molecule has 1 heterocycles. The number of hydrogen-bond donors (Lipinski definition) is 0. The van der Waals surface area contributed by atoms with E-state index in [1.807, 2.05) is 17.7 Å². The molecule has 0 saturated heterocycles. The molecule has 0 unspecified atom stereocenters. The Morgan fingerprint density at radius 2 is 2.14 bits per heavy atom. The topological polar surface area (TPSA) is 60.7 Å². The third-order valence-corrected chi connectivity index (χ3v) is 5.44. The Hall–Kier alpha value is -1.69. The second kappa shape index (κ2) is 5.50. The lowest BCUT2D eigenvalue weighted by molar-refractivity contribution is 0.0993. The fourth-order valence-electron chi connectivity index (χ4n) is 2.98. The van der Waals surface area contributed by atoms with Gasteiger partial charge in [-0.2, -0.15) is 0 Å². The summed E-state index contributed by atoms with van der Waals surface area (Å²) < 4.78 is 1.86. The van der Waals surface area contributed by atoms with Crippen molar-refractivity contribution in [3.8, 4) is 0 Å². The maximum Gasteiger partial charge on any atom is 0.210 e. The van der Waals surface area contributed by atoms with Crippen molar-refractivity contribution in [3.63, 3.8) is 0 Å². The van der Waals surface area contributed by atoms with Crippen LogP contribution in [0.1, 0.15) is 53.7 Å². The van der Waals surface area contributed by atoms with Gasteiger partial charge in [0.15, 0.2) is 5.78 Å². The molecule has 1 aromatic heterocycles. The number of ketones is 1. The molecular weight excluding hydrogens is 296 g/mol. The maximum absolute atomic E-state index is 12.7. The molecule has 1 saturated carbocycles. The summed E-state index contributed by atoms with van der Waals surface area (Å²) in [7, 11) is 0. The highest BCUT2D eigenvalue weighted by Gasteiger charge is 2.29. The van der Waals surface area contributed by atoms with E-state index in [1.54, 1.807) is 0 Å². The van der Waals surface area contributed by atoms with Crippen molar-refractivity contribution >= 4 is 17.5 Å². The van der Waals surface area contributed by atoms with Crippen LogP contribution >= 0.6 is 11.8 Å². The molecule has 1 fully saturated rings. The molecule has 6 heteroatoms. The van der Waals surface area contributed by atoms with E-state index in [4.69, 9.17) is 0 Å². The summed E-state index contributed by atoms with van der Waals surface area (Å²) in [5, 5.41) is 12.4. The van der Waals surface area contributed by atoms with Gasteiger partial charge in [0.25, 0.3) is 0 Å². The SMILES string of the molecule is C[C@@H](Sc1nnnn1C1CC1)C(=O)c1ccc2c(c1)CCC2. The maximum atomic E-state index is 12.7. The molecule has 0 spiro atoms. The van der Waals surface area contributed by atoms with Gasteiger partial charge in [-0.3, -0.25) is 4.79 Å². The van der Waals surface area contributed by atoms with Gasteiger partial charge in [-0.15, -0.1) is 5.10 Å². The molecule has 0 bridgehead atoms. The zero-order valence-electron chi connectivity index (χ0n) is 12.5. The van der Waals surface area contributed by atoms with Crippen molar-refractivity contribution in [1.82, 2.24) is 20.2 Å². The van der Waals surface area contributed by atoms with Crippen LogP contribution in [0.5, 0.6) is 0 Å². The van der Waals surface area contributed by atoms with Crippen LogP contribution < -0.4 is 0 Å². The Morgan fingerprint density at radius 3 is 2.95 bits per heavy atom. The van der Waals surface area contributed by atoms with Crippen molar-refractivity contribution in [1.29, 1.82) is 0 Å². The van der Waals surface area contributed by atoms with Crippen molar-refractivity contribution in [2.45, 2.75) is 55.5 Å². The first kappa shape index (κ1) is 13.9. The van der Waals surface area contributed by atoms with E-state index in [9.17, 15) is 4.79 Å². The third kappa shape index (κ3) is 2.56. The van der Waals surface area contributed by atoms with Gasteiger partial charge >= 0.3 is 0 Å². The quantitative estimate of drug-likeness (QED) is 0.627. The number of rotatable bonds is 5.